The van der Waals surface area contributed by atoms with E-state index in [1.54, 1.807) is 0 Å². The van der Waals surface area contributed by atoms with Crippen LogP contribution in [0.1, 0.15) is 48.6 Å². The molecule has 31 heavy (non-hydrogen) atoms. The van der Waals surface area contributed by atoms with Gasteiger partial charge in [-0.2, -0.15) is 4.98 Å². The minimum Gasteiger partial charge on any atom is -0.474 e. The zero-order valence-corrected chi connectivity index (χ0v) is 19.0. The first-order valence-electron chi connectivity index (χ1n) is 11.1. The molecule has 166 valence electrons. The van der Waals surface area contributed by atoms with Crippen molar-refractivity contribution in [1.82, 2.24) is 19.9 Å². The lowest BCUT2D eigenvalue weighted by atomic mass is 10.1. The largest absolute Gasteiger partial charge is 0.474 e. The van der Waals surface area contributed by atoms with E-state index in [0.29, 0.717) is 17.5 Å². The molecule has 0 aliphatic carbocycles. The number of hydrogen-bond donors (Lipinski definition) is 0. The second kappa shape index (κ2) is 9.60. The van der Waals surface area contributed by atoms with Crippen LogP contribution in [-0.2, 0) is 4.74 Å². The number of ether oxygens (including phenoxy) is 2. The highest BCUT2D eigenvalue weighted by Gasteiger charge is 2.19. The van der Waals surface area contributed by atoms with Crippen molar-refractivity contribution in [2.24, 2.45) is 0 Å². The molecule has 0 radical (unpaired) electrons. The fraction of sp³-hybridized carbons (Fsp3) is 0.565. The predicted octanol–water partition coefficient (Wildman–Crippen LogP) is 3.28. The topological polar surface area (TPSA) is 76.5 Å². The SMILES string of the molecule is Cc1nc(C=Cc2nc(OC3CCOCC3)cc(N3CCCC3)n2)nc(N(C)C)c1C. The molecule has 2 saturated heterocycles. The molecule has 0 amide bonds. The number of aromatic nitrogens is 4. The summed E-state index contributed by atoms with van der Waals surface area (Å²) < 4.78 is 11.7. The van der Waals surface area contributed by atoms with Crippen molar-refractivity contribution in [3.05, 3.63) is 29.0 Å². The van der Waals surface area contributed by atoms with Crippen LogP contribution in [0.4, 0.5) is 11.6 Å². The van der Waals surface area contributed by atoms with E-state index in [4.69, 9.17) is 14.5 Å². The second-order valence-electron chi connectivity index (χ2n) is 8.39. The Hall–Kier alpha value is -2.74. The molecule has 2 aromatic rings. The molecule has 8 heteroatoms. The van der Waals surface area contributed by atoms with E-state index < -0.39 is 0 Å². The molecule has 0 spiro atoms. The van der Waals surface area contributed by atoms with Crippen molar-refractivity contribution >= 4 is 23.8 Å². The molecule has 4 heterocycles. The summed E-state index contributed by atoms with van der Waals surface area (Å²) in [5.74, 6) is 3.72. The van der Waals surface area contributed by atoms with E-state index in [2.05, 4.69) is 19.9 Å². The van der Waals surface area contributed by atoms with Gasteiger partial charge in [-0.1, -0.05) is 0 Å². The van der Waals surface area contributed by atoms with E-state index >= 15 is 0 Å². The average molecular weight is 425 g/mol. The van der Waals surface area contributed by atoms with Crippen molar-refractivity contribution < 1.29 is 9.47 Å². The highest BCUT2D eigenvalue weighted by Crippen LogP contribution is 2.25. The Morgan fingerprint density at radius 1 is 1.00 bits per heavy atom. The first kappa shape index (κ1) is 21.5. The van der Waals surface area contributed by atoms with Gasteiger partial charge in [-0.25, -0.2) is 15.0 Å². The van der Waals surface area contributed by atoms with Crippen LogP contribution in [0.2, 0.25) is 0 Å². The third-order valence-corrected chi connectivity index (χ3v) is 5.78. The summed E-state index contributed by atoms with van der Waals surface area (Å²) in [6.07, 6.45) is 8.04. The van der Waals surface area contributed by atoms with Gasteiger partial charge < -0.3 is 19.3 Å². The van der Waals surface area contributed by atoms with Gasteiger partial charge in [-0.3, -0.25) is 0 Å². The van der Waals surface area contributed by atoms with Crippen molar-refractivity contribution in [3.63, 3.8) is 0 Å². The molecule has 2 fully saturated rings. The molecule has 0 N–H and O–H groups in total. The van der Waals surface area contributed by atoms with Crippen LogP contribution in [-0.4, -0.2) is 66.4 Å². The van der Waals surface area contributed by atoms with Crippen LogP contribution < -0.4 is 14.5 Å². The molecular weight excluding hydrogens is 392 g/mol. The Bertz CT molecular complexity index is 934. The number of hydrogen-bond acceptors (Lipinski definition) is 8. The van der Waals surface area contributed by atoms with E-state index in [1.165, 1.54) is 12.8 Å². The first-order chi connectivity index (χ1) is 15.0. The van der Waals surface area contributed by atoms with Gasteiger partial charge in [0.1, 0.15) is 17.7 Å². The third kappa shape index (κ3) is 5.31. The van der Waals surface area contributed by atoms with Gasteiger partial charge in [0.25, 0.3) is 0 Å². The minimum atomic E-state index is 0.137. The van der Waals surface area contributed by atoms with Crippen LogP contribution in [0.25, 0.3) is 12.2 Å². The summed E-state index contributed by atoms with van der Waals surface area (Å²) in [4.78, 5) is 23.0. The maximum Gasteiger partial charge on any atom is 0.219 e. The van der Waals surface area contributed by atoms with E-state index in [9.17, 15) is 0 Å². The summed E-state index contributed by atoms with van der Waals surface area (Å²) in [6, 6.07) is 1.97. The molecule has 2 aliphatic rings. The van der Waals surface area contributed by atoms with E-state index in [-0.39, 0.29) is 6.10 Å². The normalized spacial score (nSPS) is 17.5. The van der Waals surface area contributed by atoms with Gasteiger partial charge in [0.15, 0.2) is 11.6 Å². The summed E-state index contributed by atoms with van der Waals surface area (Å²) in [5, 5.41) is 0. The van der Waals surface area contributed by atoms with Gasteiger partial charge in [0, 0.05) is 57.4 Å². The Balaban J connectivity index is 1.61. The van der Waals surface area contributed by atoms with Crippen molar-refractivity contribution in [2.45, 2.75) is 45.6 Å². The van der Waals surface area contributed by atoms with Crippen molar-refractivity contribution in [2.75, 3.05) is 50.2 Å². The summed E-state index contributed by atoms with van der Waals surface area (Å²) in [6.45, 7) is 7.55. The smallest absolute Gasteiger partial charge is 0.219 e. The van der Waals surface area contributed by atoms with Crippen molar-refractivity contribution in [1.29, 1.82) is 0 Å². The molecule has 2 aromatic heterocycles. The van der Waals surface area contributed by atoms with Crippen LogP contribution in [0.5, 0.6) is 5.88 Å². The number of anilines is 2. The molecule has 0 saturated carbocycles. The van der Waals surface area contributed by atoms with Gasteiger partial charge in [-0.15, -0.1) is 0 Å². The van der Waals surface area contributed by atoms with Crippen LogP contribution >= 0.6 is 0 Å². The Kier molecular flexibility index (Phi) is 6.65. The molecular formula is C23H32N6O2. The minimum absolute atomic E-state index is 0.137. The van der Waals surface area contributed by atoms with Gasteiger partial charge in [-0.05, 0) is 38.8 Å². The highest BCUT2D eigenvalue weighted by molar-refractivity contribution is 5.65. The number of rotatable bonds is 6. The molecule has 0 aromatic carbocycles. The van der Waals surface area contributed by atoms with Gasteiger partial charge >= 0.3 is 0 Å². The Morgan fingerprint density at radius 2 is 1.68 bits per heavy atom. The van der Waals surface area contributed by atoms with E-state index in [0.717, 1.165) is 62.0 Å². The molecule has 4 rings (SSSR count). The fourth-order valence-corrected chi connectivity index (χ4v) is 3.93. The van der Waals surface area contributed by atoms with Crippen molar-refractivity contribution in [3.8, 4) is 5.88 Å². The standard InChI is InChI=1S/C23H32N6O2/c1-16-17(2)24-19(27-23(16)28(3)4)7-8-20-25-21(29-11-5-6-12-29)15-22(26-20)31-18-9-13-30-14-10-18/h7-8,15,18H,5-6,9-14H2,1-4H3. The average Bonchev–Trinajstić information content (AvgIpc) is 3.30. The molecule has 0 unspecified atom stereocenters. The Morgan fingerprint density at radius 3 is 2.35 bits per heavy atom. The number of aryl methyl sites for hydroxylation is 1. The molecule has 0 atom stereocenters. The fourth-order valence-electron chi connectivity index (χ4n) is 3.93. The third-order valence-electron chi connectivity index (χ3n) is 5.78. The molecule has 0 bridgehead atoms. The predicted molar refractivity (Wildman–Crippen MR) is 123 cm³/mol. The lowest BCUT2D eigenvalue weighted by Gasteiger charge is -2.24. The van der Waals surface area contributed by atoms with Gasteiger partial charge in [0.2, 0.25) is 5.88 Å². The lowest BCUT2D eigenvalue weighted by molar-refractivity contribution is 0.0237. The van der Waals surface area contributed by atoms with Crippen LogP contribution in [0.3, 0.4) is 0 Å². The summed E-state index contributed by atoms with van der Waals surface area (Å²) in [7, 11) is 3.98. The second-order valence-corrected chi connectivity index (χ2v) is 8.39. The molecule has 8 nitrogen and oxygen atoms in total. The zero-order chi connectivity index (χ0) is 21.8. The lowest BCUT2D eigenvalue weighted by Crippen LogP contribution is -2.26. The Labute approximate surface area is 184 Å². The van der Waals surface area contributed by atoms with Gasteiger partial charge in [0.05, 0.1) is 13.2 Å². The first-order valence-corrected chi connectivity index (χ1v) is 11.1. The maximum atomic E-state index is 6.20. The molecule has 2 aliphatic heterocycles. The van der Waals surface area contributed by atoms with Crippen LogP contribution in [0, 0.1) is 13.8 Å². The van der Waals surface area contributed by atoms with Crippen LogP contribution in [0.15, 0.2) is 6.07 Å². The maximum absolute atomic E-state index is 6.20. The van der Waals surface area contributed by atoms with E-state index in [1.807, 2.05) is 51.1 Å². The highest BCUT2D eigenvalue weighted by atomic mass is 16.5. The number of nitrogens with zero attached hydrogens (tertiary/aromatic N) is 6. The quantitative estimate of drug-likeness (QED) is 0.699. The zero-order valence-electron chi connectivity index (χ0n) is 19.0. The monoisotopic (exact) mass is 424 g/mol. The summed E-state index contributed by atoms with van der Waals surface area (Å²) in [5.41, 5.74) is 2.05. The summed E-state index contributed by atoms with van der Waals surface area (Å²) >= 11 is 0.